The third-order valence-electron chi connectivity index (χ3n) is 3.22. The third kappa shape index (κ3) is 2.97. The van der Waals surface area contributed by atoms with Crippen LogP contribution in [0.1, 0.15) is 16.5 Å². The molecule has 1 amide bonds. The molecule has 0 aliphatic carbocycles. The molecule has 0 bridgehead atoms. The fourth-order valence-electron chi connectivity index (χ4n) is 2.09. The molecule has 0 fully saturated rings. The van der Waals surface area contributed by atoms with Gasteiger partial charge in [-0.25, -0.2) is 9.50 Å². The van der Waals surface area contributed by atoms with Crippen LogP contribution >= 0.6 is 0 Å². The van der Waals surface area contributed by atoms with Gasteiger partial charge in [0.15, 0.2) is 0 Å². The minimum Gasteiger partial charge on any atom is -0.340 e. The molecule has 4 rings (SSSR count). The average molecular weight is 338 g/mol. The summed E-state index contributed by atoms with van der Waals surface area (Å²) < 4.78 is 6.45. The number of aromatic amines is 1. The van der Waals surface area contributed by atoms with Gasteiger partial charge in [0.1, 0.15) is 0 Å². The highest BCUT2D eigenvalue weighted by molar-refractivity contribution is 5.90. The molecule has 2 N–H and O–H groups in total. The highest BCUT2D eigenvalue weighted by Crippen LogP contribution is 2.12. The fourth-order valence-corrected chi connectivity index (χ4v) is 2.09. The Morgan fingerprint density at radius 3 is 3.12 bits per heavy atom. The van der Waals surface area contributed by atoms with E-state index in [0.29, 0.717) is 11.3 Å². The van der Waals surface area contributed by atoms with Gasteiger partial charge >= 0.3 is 0 Å². The van der Waals surface area contributed by atoms with Crippen LogP contribution in [-0.2, 0) is 6.54 Å². The van der Waals surface area contributed by atoms with Crippen LogP contribution in [0.4, 0.5) is 0 Å². The van der Waals surface area contributed by atoms with Crippen molar-refractivity contribution in [2.45, 2.75) is 6.54 Å². The number of fused-ring (bicyclic) bond motifs is 1. The SMILES string of the molecule is O=C(NCc1nc(-c2cc[nH]c(=O)c2)no1)c1nc2ncccn2n1. The summed E-state index contributed by atoms with van der Waals surface area (Å²) in [6, 6.07) is 4.67. The van der Waals surface area contributed by atoms with Crippen molar-refractivity contribution < 1.29 is 9.32 Å². The Balaban J connectivity index is 1.46. The molecule has 0 saturated heterocycles. The maximum Gasteiger partial charge on any atom is 0.291 e. The molecule has 25 heavy (non-hydrogen) atoms. The Kier molecular flexibility index (Phi) is 3.50. The lowest BCUT2D eigenvalue weighted by Gasteiger charge is -1.96. The molecule has 0 saturated carbocycles. The third-order valence-corrected chi connectivity index (χ3v) is 3.22. The Bertz CT molecular complexity index is 1080. The van der Waals surface area contributed by atoms with E-state index in [9.17, 15) is 9.59 Å². The lowest BCUT2D eigenvalue weighted by molar-refractivity contribution is 0.0936. The van der Waals surface area contributed by atoms with Crippen molar-refractivity contribution in [2.75, 3.05) is 0 Å². The summed E-state index contributed by atoms with van der Waals surface area (Å²) in [5, 5.41) is 10.4. The number of aromatic nitrogens is 7. The molecule has 0 radical (unpaired) electrons. The van der Waals surface area contributed by atoms with Crippen molar-refractivity contribution in [3.05, 3.63) is 58.9 Å². The second-order valence-electron chi connectivity index (χ2n) is 4.94. The lowest BCUT2D eigenvalue weighted by Crippen LogP contribution is -2.24. The van der Waals surface area contributed by atoms with Crippen LogP contribution < -0.4 is 10.9 Å². The van der Waals surface area contributed by atoms with Crippen LogP contribution in [0.3, 0.4) is 0 Å². The molecule has 11 heteroatoms. The molecule has 4 heterocycles. The van der Waals surface area contributed by atoms with Crippen molar-refractivity contribution in [1.82, 2.24) is 40.0 Å². The minimum absolute atomic E-state index is 0.00198. The monoisotopic (exact) mass is 338 g/mol. The molecule has 0 unspecified atom stereocenters. The summed E-state index contributed by atoms with van der Waals surface area (Å²) in [7, 11) is 0. The number of hydrogen-bond acceptors (Lipinski definition) is 8. The molecule has 11 nitrogen and oxygen atoms in total. The van der Waals surface area contributed by atoms with Gasteiger partial charge in [-0.15, -0.1) is 5.10 Å². The number of nitrogens with one attached hydrogen (secondary N) is 2. The van der Waals surface area contributed by atoms with Gasteiger partial charge in [0.05, 0.1) is 6.54 Å². The largest absolute Gasteiger partial charge is 0.340 e. The van der Waals surface area contributed by atoms with Gasteiger partial charge < -0.3 is 14.8 Å². The maximum absolute atomic E-state index is 12.1. The molecular formula is C14H10N8O3. The second kappa shape index (κ2) is 5.96. The number of carbonyl (C=O) groups is 1. The van der Waals surface area contributed by atoms with Crippen molar-refractivity contribution >= 4 is 11.7 Å². The van der Waals surface area contributed by atoms with E-state index >= 15 is 0 Å². The Morgan fingerprint density at radius 2 is 2.28 bits per heavy atom. The highest BCUT2D eigenvalue weighted by atomic mass is 16.5. The Morgan fingerprint density at radius 1 is 1.36 bits per heavy atom. The first-order chi connectivity index (χ1) is 12.2. The van der Waals surface area contributed by atoms with Crippen LogP contribution in [-0.4, -0.2) is 40.6 Å². The lowest BCUT2D eigenvalue weighted by atomic mass is 10.2. The molecule has 0 atom stereocenters. The molecular weight excluding hydrogens is 328 g/mol. The maximum atomic E-state index is 12.1. The molecule has 0 aromatic carbocycles. The number of rotatable bonds is 4. The number of carbonyl (C=O) groups excluding carboxylic acids is 1. The number of amides is 1. The van der Waals surface area contributed by atoms with Crippen LogP contribution in [0.2, 0.25) is 0 Å². The van der Waals surface area contributed by atoms with E-state index in [2.05, 4.69) is 35.5 Å². The first-order valence-electron chi connectivity index (χ1n) is 7.16. The van der Waals surface area contributed by atoms with E-state index in [-0.39, 0.29) is 29.6 Å². The van der Waals surface area contributed by atoms with E-state index in [1.807, 2.05) is 0 Å². The van der Waals surface area contributed by atoms with E-state index in [1.54, 1.807) is 24.5 Å². The normalized spacial score (nSPS) is 10.9. The van der Waals surface area contributed by atoms with Crippen LogP contribution in [0.5, 0.6) is 0 Å². The Hall–Kier alpha value is -3.89. The van der Waals surface area contributed by atoms with Gasteiger partial charge in [-0.05, 0) is 12.1 Å². The zero-order valence-electron chi connectivity index (χ0n) is 12.6. The van der Waals surface area contributed by atoms with Crippen molar-refractivity contribution in [2.24, 2.45) is 0 Å². The number of pyridine rings is 1. The van der Waals surface area contributed by atoms with Crippen molar-refractivity contribution in [3.8, 4) is 11.4 Å². The first kappa shape index (κ1) is 14.7. The standard InChI is InChI=1S/C14H10N8O3/c23-9-6-8(2-4-15-9)11-18-10(25-21-11)7-17-13(24)12-19-14-16-3-1-5-22(14)20-12/h1-6H,7H2,(H,15,23)(H,17,24). The van der Waals surface area contributed by atoms with Crippen molar-refractivity contribution in [1.29, 1.82) is 0 Å². The van der Waals surface area contributed by atoms with E-state index in [0.717, 1.165) is 0 Å². The van der Waals surface area contributed by atoms with Crippen LogP contribution in [0.25, 0.3) is 17.2 Å². The summed E-state index contributed by atoms with van der Waals surface area (Å²) >= 11 is 0. The highest BCUT2D eigenvalue weighted by Gasteiger charge is 2.15. The Labute approximate surface area is 138 Å². The predicted molar refractivity (Wildman–Crippen MR) is 82.3 cm³/mol. The fraction of sp³-hybridized carbons (Fsp3) is 0.0714. The molecule has 124 valence electrons. The van der Waals surface area contributed by atoms with Gasteiger partial charge in [0.2, 0.25) is 23.1 Å². The predicted octanol–water partition coefficient (Wildman–Crippen LogP) is -0.207. The van der Waals surface area contributed by atoms with Gasteiger partial charge in [-0.2, -0.15) is 9.97 Å². The van der Waals surface area contributed by atoms with E-state index in [1.165, 1.54) is 16.8 Å². The van der Waals surface area contributed by atoms with Gasteiger partial charge in [-0.1, -0.05) is 5.16 Å². The van der Waals surface area contributed by atoms with Crippen LogP contribution in [0, 0.1) is 0 Å². The van der Waals surface area contributed by atoms with Gasteiger partial charge in [0, 0.05) is 30.2 Å². The van der Waals surface area contributed by atoms with E-state index in [4.69, 9.17) is 4.52 Å². The van der Waals surface area contributed by atoms with Crippen molar-refractivity contribution in [3.63, 3.8) is 0 Å². The topological polar surface area (TPSA) is 144 Å². The summed E-state index contributed by atoms with van der Waals surface area (Å²) in [6.45, 7) is -0.00198. The molecule has 0 aliphatic rings. The minimum atomic E-state index is -0.499. The summed E-state index contributed by atoms with van der Waals surface area (Å²) in [6.07, 6.45) is 4.68. The summed E-state index contributed by atoms with van der Waals surface area (Å²) in [5.74, 6) is 0.243. The number of hydrogen-bond donors (Lipinski definition) is 2. The quantitative estimate of drug-likeness (QED) is 0.520. The number of H-pyrrole nitrogens is 1. The average Bonchev–Trinajstić information content (AvgIpc) is 3.26. The summed E-state index contributed by atoms with van der Waals surface area (Å²) in [5.41, 5.74) is 0.238. The van der Waals surface area contributed by atoms with E-state index < -0.39 is 5.91 Å². The van der Waals surface area contributed by atoms with Gasteiger partial charge in [0.25, 0.3) is 11.7 Å². The first-order valence-corrected chi connectivity index (χ1v) is 7.16. The molecule has 0 spiro atoms. The second-order valence-corrected chi connectivity index (χ2v) is 4.94. The van der Waals surface area contributed by atoms with Gasteiger partial charge in [-0.3, -0.25) is 9.59 Å². The summed E-state index contributed by atoms with van der Waals surface area (Å²) in [4.78, 5) is 38.0. The molecule has 0 aliphatic heterocycles. The zero-order valence-corrected chi connectivity index (χ0v) is 12.6. The smallest absolute Gasteiger partial charge is 0.291 e. The zero-order chi connectivity index (χ0) is 17.2. The molecule has 4 aromatic rings. The number of nitrogens with zero attached hydrogens (tertiary/aromatic N) is 6. The molecule has 4 aromatic heterocycles. The van der Waals surface area contributed by atoms with Crippen LogP contribution in [0.15, 0.2) is 46.1 Å².